The third-order valence-electron chi connectivity index (χ3n) is 3.40. The minimum absolute atomic E-state index is 0.135. The molecule has 1 heterocycles. The van der Waals surface area contributed by atoms with Crippen molar-refractivity contribution in [2.24, 2.45) is 0 Å². The first kappa shape index (κ1) is 14.6. The maximum Gasteiger partial charge on any atom is 0.243 e. The van der Waals surface area contributed by atoms with Crippen molar-refractivity contribution in [2.45, 2.75) is 30.3 Å². The molecule has 1 aliphatic heterocycles. The molecule has 19 heavy (non-hydrogen) atoms. The number of sulfonamides is 1. The maximum absolute atomic E-state index is 12.4. The van der Waals surface area contributed by atoms with Crippen molar-refractivity contribution in [3.63, 3.8) is 0 Å². The molecule has 1 fully saturated rings. The Hall–Kier alpha value is -0.820. The number of hydrogen-bond acceptors (Lipinski definition) is 4. The van der Waals surface area contributed by atoms with Gasteiger partial charge in [0.15, 0.2) is 0 Å². The molecule has 106 valence electrons. The summed E-state index contributed by atoms with van der Waals surface area (Å²) in [5, 5.41) is 10.2. The van der Waals surface area contributed by atoms with E-state index < -0.39 is 15.6 Å². The number of anilines is 1. The third kappa shape index (κ3) is 3.02. The molecular weight excluding hydrogens is 288 g/mol. The van der Waals surface area contributed by atoms with Crippen molar-refractivity contribution in [1.82, 2.24) is 4.31 Å². The Morgan fingerprint density at radius 2 is 1.95 bits per heavy atom. The molecule has 1 aliphatic rings. The monoisotopic (exact) mass is 304 g/mol. The van der Waals surface area contributed by atoms with Crippen LogP contribution in [-0.4, -0.2) is 36.5 Å². The van der Waals surface area contributed by atoms with Crippen molar-refractivity contribution in [3.8, 4) is 0 Å². The molecule has 7 heteroatoms. The molecule has 1 saturated heterocycles. The fraction of sp³-hybridized carbons (Fsp3) is 0.500. The van der Waals surface area contributed by atoms with Gasteiger partial charge in [0.1, 0.15) is 0 Å². The number of halogens is 1. The Morgan fingerprint density at radius 1 is 1.37 bits per heavy atom. The molecule has 3 N–H and O–H groups in total. The summed E-state index contributed by atoms with van der Waals surface area (Å²) in [6, 6.07) is 4.29. The largest absolute Gasteiger partial charge is 0.397 e. The van der Waals surface area contributed by atoms with Gasteiger partial charge in [-0.05, 0) is 38.0 Å². The highest BCUT2D eigenvalue weighted by Gasteiger charge is 2.34. The van der Waals surface area contributed by atoms with Crippen molar-refractivity contribution in [3.05, 3.63) is 23.2 Å². The number of nitrogens with two attached hydrogens (primary N) is 1. The van der Waals surface area contributed by atoms with Crippen LogP contribution in [0.3, 0.4) is 0 Å². The van der Waals surface area contributed by atoms with E-state index in [1.54, 1.807) is 6.92 Å². The zero-order chi connectivity index (χ0) is 14.3. The predicted octanol–water partition coefficient (Wildman–Crippen LogP) is 1.46. The molecule has 0 aliphatic carbocycles. The number of aliphatic hydroxyl groups is 1. The molecule has 2 rings (SSSR count). The van der Waals surface area contributed by atoms with Gasteiger partial charge in [-0.1, -0.05) is 11.6 Å². The van der Waals surface area contributed by atoms with Gasteiger partial charge < -0.3 is 10.8 Å². The van der Waals surface area contributed by atoms with E-state index in [2.05, 4.69) is 0 Å². The number of piperidine rings is 1. The number of nitrogen functional groups attached to an aromatic ring is 1. The molecule has 1 aromatic carbocycles. The minimum Gasteiger partial charge on any atom is -0.397 e. The standard InChI is InChI=1S/C12H17ClN2O3S/c1-12(16)4-6-15(7-5-12)19(17,18)9-2-3-10(13)11(14)8-9/h2-3,8,16H,4-7,14H2,1H3. The molecule has 0 atom stereocenters. The van der Waals surface area contributed by atoms with Crippen molar-refractivity contribution >= 4 is 27.3 Å². The minimum atomic E-state index is -3.57. The highest BCUT2D eigenvalue weighted by molar-refractivity contribution is 7.89. The Labute approximate surface area is 118 Å². The summed E-state index contributed by atoms with van der Waals surface area (Å²) < 4.78 is 26.2. The van der Waals surface area contributed by atoms with E-state index >= 15 is 0 Å². The summed E-state index contributed by atoms with van der Waals surface area (Å²) in [6.45, 7) is 2.33. The van der Waals surface area contributed by atoms with Crippen molar-refractivity contribution < 1.29 is 13.5 Å². The SMILES string of the molecule is CC1(O)CCN(S(=O)(=O)c2ccc(Cl)c(N)c2)CC1. The third-order valence-corrected chi connectivity index (χ3v) is 5.64. The number of rotatable bonds is 2. The second-order valence-corrected chi connectivity index (χ2v) is 7.43. The summed E-state index contributed by atoms with van der Waals surface area (Å²) in [5.41, 5.74) is 5.09. The zero-order valence-electron chi connectivity index (χ0n) is 10.6. The lowest BCUT2D eigenvalue weighted by Crippen LogP contribution is -2.45. The van der Waals surface area contributed by atoms with Crippen LogP contribution in [-0.2, 0) is 10.0 Å². The highest BCUT2D eigenvalue weighted by Crippen LogP contribution is 2.28. The Morgan fingerprint density at radius 3 is 2.47 bits per heavy atom. The molecule has 1 aromatic rings. The summed E-state index contributed by atoms with van der Waals surface area (Å²) in [5.74, 6) is 0. The predicted molar refractivity (Wildman–Crippen MR) is 74.5 cm³/mol. The van der Waals surface area contributed by atoms with Crippen LogP contribution in [0, 0.1) is 0 Å². The molecule has 5 nitrogen and oxygen atoms in total. The fourth-order valence-electron chi connectivity index (χ4n) is 2.04. The van der Waals surface area contributed by atoms with Gasteiger partial charge in [-0.3, -0.25) is 0 Å². The number of benzene rings is 1. The van der Waals surface area contributed by atoms with Gasteiger partial charge in [-0.25, -0.2) is 8.42 Å². The Kier molecular flexibility index (Phi) is 3.79. The van der Waals surface area contributed by atoms with Gasteiger partial charge in [0.2, 0.25) is 10.0 Å². The average molecular weight is 305 g/mol. The smallest absolute Gasteiger partial charge is 0.243 e. The van der Waals surface area contributed by atoms with Crippen LogP contribution in [0.15, 0.2) is 23.1 Å². The van der Waals surface area contributed by atoms with E-state index in [-0.39, 0.29) is 10.6 Å². The van der Waals surface area contributed by atoms with E-state index in [1.807, 2.05) is 0 Å². The van der Waals surface area contributed by atoms with Crippen molar-refractivity contribution in [2.75, 3.05) is 18.8 Å². The molecule has 0 amide bonds. The van der Waals surface area contributed by atoms with Gasteiger partial charge in [-0.2, -0.15) is 4.31 Å². The van der Waals surface area contributed by atoms with Crippen LogP contribution in [0.5, 0.6) is 0 Å². The maximum atomic E-state index is 12.4. The summed E-state index contributed by atoms with van der Waals surface area (Å²) in [4.78, 5) is 0.135. The summed E-state index contributed by atoms with van der Waals surface area (Å²) >= 11 is 5.79. The lowest BCUT2D eigenvalue weighted by molar-refractivity contribution is 0.0126. The molecule has 0 spiro atoms. The van der Waals surface area contributed by atoms with E-state index in [0.717, 1.165) is 0 Å². The molecular formula is C12H17ClN2O3S. The van der Waals surface area contributed by atoms with Crippen molar-refractivity contribution in [1.29, 1.82) is 0 Å². The van der Waals surface area contributed by atoms with Crippen LogP contribution in [0.2, 0.25) is 5.02 Å². The summed E-state index contributed by atoms with van der Waals surface area (Å²) in [6.07, 6.45) is 0.852. The van der Waals surface area contributed by atoms with Crippen LogP contribution in [0.25, 0.3) is 0 Å². The lowest BCUT2D eigenvalue weighted by Gasteiger charge is -2.35. The average Bonchev–Trinajstić information content (AvgIpc) is 2.32. The van der Waals surface area contributed by atoms with Gasteiger partial charge >= 0.3 is 0 Å². The van der Waals surface area contributed by atoms with E-state index in [9.17, 15) is 13.5 Å². The summed E-state index contributed by atoms with van der Waals surface area (Å²) in [7, 11) is -3.57. The zero-order valence-corrected chi connectivity index (χ0v) is 12.2. The first-order chi connectivity index (χ1) is 8.72. The van der Waals surface area contributed by atoms with Crippen LogP contribution >= 0.6 is 11.6 Å². The fourth-order valence-corrected chi connectivity index (χ4v) is 3.63. The Bertz CT molecular complexity index is 577. The van der Waals surface area contributed by atoms with Crippen LogP contribution in [0.1, 0.15) is 19.8 Å². The number of nitrogens with zero attached hydrogens (tertiary/aromatic N) is 1. The van der Waals surface area contributed by atoms with Gasteiger partial charge in [0.05, 0.1) is 21.2 Å². The lowest BCUT2D eigenvalue weighted by atomic mass is 9.95. The molecule has 0 radical (unpaired) electrons. The molecule has 0 aromatic heterocycles. The first-order valence-electron chi connectivity index (χ1n) is 6.00. The molecule has 0 unspecified atom stereocenters. The Balaban J connectivity index is 2.25. The highest BCUT2D eigenvalue weighted by atomic mass is 35.5. The molecule has 0 bridgehead atoms. The van der Waals surface area contributed by atoms with Crippen LogP contribution in [0.4, 0.5) is 5.69 Å². The normalized spacial score (nSPS) is 20.4. The van der Waals surface area contributed by atoms with Crippen LogP contribution < -0.4 is 5.73 Å². The first-order valence-corrected chi connectivity index (χ1v) is 7.82. The van der Waals surface area contributed by atoms with Gasteiger partial charge in [0.25, 0.3) is 0 Å². The quantitative estimate of drug-likeness (QED) is 0.810. The van der Waals surface area contributed by atoms with E-state index in [1.165, 1.54) is 22.5 Å². The van der Waals surface area contributed by atoms with Gasteiger partial charge in [0, 0.05) is 13.1 Å². The number of hydrogen-bond donors (Lipinski definition) is 2. The topological polar surface area (TPSA) is 83.6 Å². The second kappa shape index (κ2) is 4.94. The van der Waals surface area contributed by atoms with E-state index in [4.69, 9.17) is 17.3 Å². The second-order valence-electron chi connectivity index (χ2n) is 5.08. The van der Waals surface area contributed by atoms with Gasteiger partial charge in [-0.15, -0.1) is 0 Å². The van der Waals surface area contributed by atoms with E-state index in [0.29, 0.717) is 31.0 Å². The molecule has 0 saturated carbocycles.